The third-order valence-corrected chi connectivity index (χ3v) is 3.56. The molecule has 1 aromatic rings. The first-order valence-corrected chi connectivity index (χ1v) is 6.72. The quantitative estimate of drug-likeness (QED) is 0.885. The fraction of sp³-hybridized carbons (Fsp3) is 0.571. The number of carbonyl (C=O) groups excluding carboxylic acids is 1. The zero-order chi connectivity index (χ0) is 13.8. The first-order chi connectivity index (χ1) is 9.06. The number of aromatic nitrogens is 1. The van der Waals surface area contributed by atoms with Crippen molar-refractivity contribution in [2.24, 2.45) is 5.92 Å². The van der Waals surface area contributed by atoms with Crippen LogP contribution in [0.15, 0.2) is 18.3 Å². The van der Waals surface area contributed by atoms with Crippen molar-refractivity contribution in [1.82, 2.24) is 14.8 Å². The molecular weight excluding hydrogens is 240 g/mol. The van der Waals surface area contributed by atoms with Crippen LogP contribution in [0.1, 0.15) is 23.2 Å². The van der Waals surface area contributed by atoms with Crippen LogP contribution >= 0.6 is 0 Å². The summed E-state index contributed by atoms with van der Waals surface area (Å²) in [6.45, 7) is 2.77. The van der Waals surface area contributed by atoms with Gasteiger partial charge in [0.25, 0.3) is 5.91 Å². The van der Waals surface area contributed by atoms with Crippen LogP contribution < -0.4 is 5.73 Å². The van der Waals surface area contributed by atoms with Gasteiger partial charge in [-0.1, -0.05) is 0 Å². The van der Waals surface area contributed by atoms with Gasteiger partial charge in [-0.25, -0.2) is 4.98 Å². The Morgan fingerprint density at radius 3 is 2.63 bits per heavy atom. The fourth-order valence-corrected chi connectivity index (χ4v) is 2.55. The van der Waals surface area contributed by atoms with E-state index < -0.39 is 0 Å². The van der Waals surface area contributed by atoms with Gasteiger partial charge in [-0.15, -0.1) is 0 Å². The molecule has 1 saturated heterocycles. The van der Waals surface area contributed by atoms with Gasteiger partial charge in [-0.2, -0.15) is 0 Å². The summed E-state index contributed by atoms with van der Waals surface area (Å²) in [5.41, 5.74) is 6.15. The molecule has 0 spiro atoms. The van der Waals surface area contributed by atoms with E-state index in [9.17, 15) is 4.79 Å². The van der Waals surface area contributed by atoms with Gasteiger partial charge in [0.15, 0.2) is 0 Å². The van der Waals surface area contributed by atoms with Gasteiger partial charge >= 0.3 is 0 Å². The van der Waals surface area contributed by atoms with E-state index in [-0.39, 0.29) is 5.91 Å². The average molecular weight is 262 g/mol. The number of likely N-dealkylation sites (tertiary alicyclic amines) is 1. The van der Waals surface area contributed by atoms with Crippen molar-refractivity contribution in [3.8, 4) is 0 Å². The van der Waals surface area contributed by atoms with Crippen LogP contribution in [0, 0.1) is 5.92 Å². The Bertz CT molecular complexity index is 422. The summed E-state index contributed by atoms with van der Waals surface area (Å²) in [6.07, 6.45) is 3.71. The molecule has 0 unspecified atom stereocenters. The number of hydrogen-bond acceptors (Lipinski definition) is 4. The van der Waals surface area contributed by atoms with Gasteiger partial charge in [0.2, 0.25) is 0 Å². The second-order valence-corrected chi connectivity index (χ2v) is 5.47. The molecule has 0 aromatic carbocycles. The monoisotopic (exact) mass is 262 g/mol. The van der Waals surface area contributed by atoms with E-state index in [1.165, 1.54) is 0 Å². The van der Waals surface area contributed by atoms with Crippen LogP contribution in [0.4, 0.5) is 5.82 Å². The molecule has 2 N–H and O–H groups in total. The summed E-state index contributed by atoms with van der Waals surface area (Å²) in [5, 5.41) is 0. The lowest BCUT2D eigenvalue weighted by Gasteiger charge is -2.33. The van der Waals surface area contributed by atoms with Crippen molar-refractivity contribution in [2.45, 2.75) is 12.8 Å². The molecular formula is C14H22N4O. The highest BCUT2D eigenvalue weighted by molar-refractivity contribution is 5.94. The van der Waals surface area contributed by atoms with Crippen LogP contribution in [0.25, 0.3) is 0 Å². The number of carbonyl (C=O) groups is 1. The minimum absolute atomic E-state index is 0.0656. The third kappa shape index (κ3) is 3.67. The Balaban J connectivity index is 1.90. The topological polar surface area (TPSA) is 62.5 Å². The smallest absolute Gasteiger partial charge is 0.255 e. The van der Waals surface area contributed by atoms with Crippen LogP contribution in [-0.4, -0.2) is 54.4 Å². The molecule has 104 valence electrons. The lowest BCUT2D eigenvalue weighted by atomic mass is 9.96. The molecule has 5 heteroatoms. The van der Waals surface area contributed by atoms with E-state index in [1.807, 2.05) is 4.90 Å². The fourth-order valence-electron chi connectivity index (χ4n) is 2.55. The lowest BCUT2D eigenvalue weighted by molar-refractivity contribution is 0.0677. The maximum Gasteiger partial charge on any atom is 0.255 e. The molecule has 0 saturated carbocycles. The SMILES string of the molecule is CN(C)CC1CCN(C(=O)c2ccc(N)nc2)CC1. The molecule has 0 atom stereocenters. The van der Waals surface area contributed by atoms with Crippen molar-refractivity contribution < 1.29 is 4.79 Å². The van der Waals surface area contributed by atoms with Crippen LogP contribution in [0.5, 0.6) is 0 Å². The molecule has 0 radical (unpaired) electrons. The predicted octanol–water partition coefficient (Wildman–Crippen LogP) is 1.08. The van der Waals surface area contributed by atoms with E-state index >= 15 is 0 Å². The summed E-state index contributed by atoms with van der Waals surface area (Å²) in [6, 6.07) is 3.42. The summed E-state index contributed by atoms with van der Waals surface area (Å²) < 4.78 is 0. The van der Waals surface area contributed by atoms with E-state index in [4.69, 9.17) is 5.73 Å². The van der Waals surface area contributed by atoms with Crippen molar-refractivity contribution in [2.75, 3.05) is 39.5 Å². The Kier molecular flexibility index (Phi) is 4.37. The van der Waals surface area contributed by atoms with E-state index in [0.29, 0.717) is 17.3 Å². The number of amides is 1. The Hall–Kier alpha value is -1.62. The van der Waals surface area contributed by atoms with Gasteiger partial charge < -0.3 is 15.5 Å². The molecule has 19 heavy (non-hydrogen) atoms. The second kappa shape index (κ2) is 6.02. The number of hydrogen-bond donors (Lipinski definition) is 1. The highest BCUT2D eigenvalue weighted by atomic mass is 16.2. The maximum atomic E-state index is 12.3. The van der Waals surface area contributed by atoms with Crippen LogP contribution in [0.3, 0.4) is 0 Å². The lowest BCUT2D eigenvalue weighted by Crippen LogP contribution is -2.40. The summed E-state index contributed by atoms with van der Waals surface area (Å²) in [5.74, 6) is 1.21. The molecule has 1 aliphatic heterocycles. The predicted molar refractivity (Wildman–Crippen MR) is 75.8 cm³/mol. The number of piperidine rings is 1. The van der Waals surface area contributed by atoms with E-state index in [2.05, 4.69) is 24.0 Å². The van der Waals surface area contributed by atoms with Crippen LogP contribution in [-0.2, 0) is 0 Å². The Morgan fingerprint density at radius 2 is 2.11 bits per heavy atom. The second-order valence-electron chi connectivity index (χ2n) is 5.47. The summed E-state index contributed by atoms with van der Waals surface area (Å²) >= 11 is 0. The zero-order valence-corrected chi connectivity index (χ0v) is 11.7. The van der Waals surface area contributed by atoms with Gasteiger partial charge in [0, 0.05) is 25.8 Å². The number of rotatable bonds is 3. The largest absolute Gasteiger partial charge is 0.384 e. The molecule has 2 rings (SSSR count). The van der Waals surface area contributed by atoms with E-state index in [1.54, 1.807) is 18.3 Å². The first kappa shape index (κ1) is 13.8. The number of anilines is 1. The van der Waals surface area contributed by atoms with E-state index in [0.717, 1.165) is 32.5 Å². The van der Waals surface area contributed by atoms with Crippen LogP contribution in [0.2, 0.25) is 0 Å². The Labute approximate surface area is 114 Å². The minimum atomic E-state index is 0.0656. The summed E-state index contributed by atoms with van der Waals surface area (Å²) in [7, 11) is 4.19. The number of nitrogens with zero attached hydrogens (tertiary/aromatic N) is 3. The normalized spacial score (nSPS) is 16.9. The molecule has 5 nitrogen and oxygen atoms in total. The molecule has 1 aliphatic rings. The number of pyridine rings is 1. The molecule has 0 bridgehead atoms. The summed E-state index contributed by atoms with van der Waals surface area (Å²) in [4.78, 5) is 20.4. The third-order valence-electron chi connectivity index (χ3n) is 3.56. The van der Waals surface area contributed by atoms with Gasteiger partial charge in [0.05, 0.1) is 5.56 Å². The van der Waals surface area contributed by atoms with Crippen molar-refractivity contribution in [3.63, 3.8) is 0 Å². The average Bonchev–Trinajstić information content (AvgIpc) is 2.39. The molecule has 1 aromatic heterocycles. The molecule has 1 fully saturated rings. The first-order valence-electron chi connectivity index (χ1n) is 6.72. The highest BCUT2D eigenvalue weighted by Crippen LogP contribution is 2.19. The van der Waals surface area contributed by atoms with Gasteiger partial charge in [-0.05, 0) is 45.0 Å². The molecule has 0 aliphatic carbocycles. The van der Waals surface area contributed by atoms with Gasteiger partial charge in [-0.3, -0.25) is 4.79 Å². The van der Waals surface area contributed by atoms with Crippen molar-refractivity contribution in [1.29, 1.82) is 0 Å². The number of nitrogens with two attached hydrogens (primary N) is 1. The maximum absolute atomic E-state index is 12.3. The van der Waals surface area contributed by atoms with Crippen molar-refractivity contribution in [3.05, 3.63) is 23.9 Å². The number of nitrogen functional groups attached to an aromatic ring is 1. The minimum Gasteiger partial charge on any atom is -0.384 e. The standard InChI is InChI=1S/C14H22N4O/c1-17(2)10-11-5-7-18(8-6-11)14(19)12-3-4-13(15)16-9-12/h3-4,9,11H,5-8,10H2,1-2H3,(H2,15,16). The van der Waals surface area contributed by atoms with Crippen molar-refractivity contribution >= 4 is 11.7 Å². The molecule has 1 amide bonds. The zero-order valence-electron chi connectivity index (χ0n) is 11.7. The molecule has 2 heterocycles. The highest BCUT2D eigenvalue weighted by Gasteiger charge is 2.23. The Morgan fingerprint density at radius 1 is 1.42 bits per heavy atom. The van der Waals surface area contributed by atoms with Gasteiger partial charge in [0.1, 0.15) is 5.82 Å².